The van der Waals surface area contributed by atoms with Crippen molar-refractivity contribution in [3.8, 4) is 0 Å². The van der Waals surface area contributed by atoms with E-state index in [1.54, 1.807) is 6.34 Å². The normalized spacial score (nSPS) is 24.0. The molecule has 8 heteroatoms. The highest BCUT2D eigenvalue weighted by Gasteiger charge is 2.40. The number of rotatable bonds is 2. The summed E-state index contributed by atoms with van der Waals surface area (Å²) in [4.78, 5) is 28.3. The minimum atomic E-state index is -0.436. The molecule has 2 fully saturated rings. The molecular weight excluding hydrogens is 388 g/mol. The third-order valence-electron chi connectivity index (χ3n) is 6.20. The van der Waals surface area contributed by atoms with Crippen LogP contribution in [0.15, 0.2) is 17.3 Å². The van der Waals surface area contributed by atoms with E-state index in [9.17, 15) is 4.79 Å². The Morgan fingerprint density at radius 2 is 2.07 bits per heavy atom. The van der Waals surface area contributed by atoms with Gasteiger partial charge in [0.05, 0.1) is 26.1 Å². The molecule has 1 saturated carbocycles. The molecule has 7 nitrogen and oxygen atoms in total. The Hall–Kier alpha value is -2.03. The van der Waals surface area contributed by atoms with Crippen LogP contribution in [0.4, 0.5) is 5.69 Å². The molecule has 0 N–H and O–H groups in total. The summed E-state index contributed by atoms with van der Waals surface area (Å²) in [6.07, 6.45) is 8.06. The van der Waals surface area contributed by atoms with Crippen molar-refractivity contribution in [2.45, 2.75) is 50.5 Å². The zero-order valence-electron chi connectivity index (χ0n) is 16.9. The van der Waals surface area contributed by atoms with Gasteiger partial charge in [0.1, 0.15) is 9.71 Å². The van der Waals surface area contributed by atoms with Gasteiger partial charge in [0.2, 0.25) is 0 Å². The van der Waals surface area contributed by atoms with Crippen LogP contribution in [0.2, 0.25) is 0 Å². The van der Waals surface area contributed by atoms with Gasteiger partial charge in [-0.15, -0.1) is 11.3 Å². The number of carbonyl (C=O) groups is 1. The number of nitrogens with zero attached hydrogens (tertiary/aromatic N) is 4. The van der Waals surface area contributed by atoms with E-state index < -0.39 is 5.79 Å². The van der Waals surface area contributed by atoms with E-state index >= 15 is 0 Å². The zero-order valence-corrected chi connectivity index (χ0v) is 17.7. The van der Waals surface area contributed by atoms with Crippen molar-refractivity contribution < 1.29 is 14.3 Å². The van der Waals surface area contributed by atoms with Gasteiger partial charge in [-0.05, 0) is 25.3 Å². The Bertz CT molecular complexity index is 964. The number of fused-ring (bicyclic) bond motifs is 3. The van der Waals surface area contributed by atoms with Gasteiger partial charge in [-0.1, -0.05) is 0 Å². The molecule has 0 radical (unpaired) electrons. The summed E-state index contributed by atoms with van der Waals surface area (Å²) in [5, 5.41) is 1.05. The summed E-state index contributed by atoms with van der Waals surface area (Å²) in [6, 6.07) is 2.12. The van der Waals surface area contributed by atoms with Crippen LogP contribution in [-0.4, -0.2) is 61.3 Å². The second kappa shape index (κ2) is 7.34. The second-order valence-electron chi connectivity index (χ2n) is 8.18. The number of pyridine rings is 1. The Morgan fingerprint density at radius 1 is 1.24 bits per heavy atom. The number of aromatic nitrogens is 1. The van der Waals surface area contributed by atoms with Crippen LogP contribution in [0, 0.1) is 0 Å². The van der Waals surface area contributed by atoms with Crippen LogP contribution in [0.3, 0.4) is 0 Å². The van der Waals surface area contributed by atoms with Gasteiger partial charge < -0.3 is 14.4 Å². The maximum Gasteiger partial charge on any atom is 0.269 e. The average Bonchev–Trinajstić information content (AvgIpc) is 3.21. The quantitative estimate of drug-likeness (QED) is 0.753. The summed E-state index contributed by atoms with van der Waals surface area (Å²) in [7, 11) is 4.03. The Kier molecular flexibility index (Phi) is 4.80. The molecule has 1 spiro atoms. The Balaban J connectivity index is 1.47. The Morgan fingerprint density at radius 3 is 2.86 bits per heavy atom. The van der Waals surface area contributed by atoms with E-state index in [0.717, 1.165) is 58.4 Å². The van der Waals surface area contributed by atoms with Crippen LogP contribution < -0.4 is 4.90 Å². The number of aliphatic imine (C=N–C) groups is 1. The van der Waals surface area contributed by atoms with Crippen molar-refractivity contribution >= 4 is 39.5 Å². The summed E-state index contributed by atoms with van der Waals surface area (Å²) in [6.45, 7) is 1.84. The third-order valence-corrected chi connectivity index (χ3v) is 7.32. The lowest BCUT2D eigenvalue weighted by Crippen LogP contribution is -2.39. The molecule has 5 rings (SSSR count). The van der Waals surface area contributed by atoms with Crippen molar-refractivity contribution in [1.29, 1.82) is 0 Å². The molecule has 2 aliphatic heterocycles. The van der Waals surface area contributed by atoms with Crippen molar-refractivity contribution in [3.05, 3.63) is 22.7 Å². The highest BCUT2D eigenvalue weighted by Crippen LogP contribution is 2.40. The van der Waals surface area contributed by atoms with E-state index in [4.69, 9.17) is 9.47 Å². The number of hydrogen-bond donors (Lipinski definition) is 0. The van der Waals surface area contributed by atoms with Crippen LogP contribution in [-0.2, 0) is 16.0 Å². The first kappa shape index (κ1) is 19.0. The lowest BCUT2D eigenvalue weighted by atomic mass is 10.1. The minimum Gasteiger partial charge on any atom is -0.377 e. The first-order valence-corrected chi connectivity index (χ1v) is 11.1. The second-order valence-corrected chi connectivity index (χ2v) is 9.17. The Labute approximate surface area is 174 Å². The fourth-order valence-electron chi connectivity index (χ4n) is 4.74. The van der Waals surface area contributed by atoms with Crippen molar-refractivity contribution in [1.82, 2.24) is 9.88 Å². The van der Waals surface area contributed by atoms with Crippen molar-refractivity contribution in [2.75, 3.05) is 32.2 Å². The van der Waals surface area contributed by atoms with E-state index in [1.165, 1.54) is 11.3 Å². The number of carbonyl (C=O) groups excluding carboxylic acids is 1. The van der Waals surface area contributed by atoms with Crippen LogP contribution in [0.25, 0.3) is 10.2 Å². The van der Waals surface area contributed by atoms with Gasteiger partial charge in [-0.25, -0.2) is 4.98 Å². The minimum absolute atomic E-state index is 0.0446. The predicted octanol–water partition coefficient (Wildman–Crippen LogP) is 3.42. The van der Waals surface area contributed by atoms with E-state index in [-0.39, 0.29) is 11.9 Å². The molecule has 1 unspecified atom stereocenters. The van der Waals surface area contributed by atoms with Crippen molar-refractivity contribution in [3.63, 3.8) is 0 Å². The van der Waals surface area contributed by atoms with E-state index in [2.05, 4.69) is 14.9 Å². The standard InChI is InChI=1S/C21H26N4O3S/c1-24(2)16-6-9-23-19-17(16)15-12-22-13-25(20(26)18(15)29-19)14-4-3-7-21(8-5-14)27-10-11-28-21/h6,9,13-14H,3-5,7-8,10-12H2,1-2H3. The predicted molar refractivity (Wildman–Crippen MR) is 114 cm³/mol. The number of hydrogen-bond acceptors (Lipinski definition) is 7. The molecule has 0 aromatic carbocycles. The number of thiophene rings is 1. The number of ether oxygens (including phenoxy) is 2. The van der Waals surface area contributed by atoms with E-state index in [0.29, 0.717) is 19.8 Å². The zero-order chi connectivity index (χ0) is 20.0. The fraction of sp³-hybridized carbons (Fsp3) is 0.571. The fourth-order valence-corrected chi connectivity index (χ4v) is 5.86. The molecule has 3 aliphatic rings. The lowest BCUT2D eigenvalue weighted by molar-refractivity contribution is -0.165. The lowest BCUT2D eigenvalue weighted by Gasteiger charge is -2.28. The molecule has 29 heavy (non-hydrogen) atoms. The summed E-state index contributed by atoms with van der Waals surface area (Å²) < 4.78 is 11.8. The van der Waals surface area contributed by atoms with Gasteiger partial charge in [-0.2, -0.15) is 0 Å². The molecule has 154 valence electrons. The molecule has 2 aromatic heterocycles. The molecule has 4 heterocycles. The third kappa shape index (κ3) is 3.23. The van der Waals surface area contributed by atoms with Crippen molar-refractivity contribution in [2.24, 2.45) is 4.99 Å². The van der Waals surface area contributed by atoms with Crippen LogP contribution in [0.1, 0.15) is 47.3 Å². The molecule has 1 atom stereocenters. The van der Waals surface area contributed by atoms with E-state index in [1.807, 2.05) is 31.3 Å². The summed E-state index contributed by atoms with van der Waals surface area (Å²) in [5.41, 5.74) is 2.08. The molecule has 1 amide bonds. The first-order valence-electron chi connectivity index (χ1n) is 10.3. The first-order chi connectivity index (χ1) is 14.1. The molecule has 0 bridgehead atoms. The maximum absolute atomic E-state index is 13.6. The monoisotopic (exact) mass is 414 g/mol. The number of amides is 1. The molecular formula is C21H26N4O3S. The largest absolute Gasteiger partial charge is 0.377 e. The molecule has 1 saturated heterocycles. The van der Waals surface area contributed by atoms with Crippen LogP contribution >= 0.6 is 11.3 Å². The molecule has 1 aliphatic carbocycles. The molecule has 2 aromatic rings. The van der Waals surface area contributed by atoms with Gasteiger partial charge in [0.25, 0.3) is 5.91 Å². The van der Waals surface area contributed by atoms with Gasteiger partial charge in [0, 0.05) is 55.8 Å². The average molecular weight is 415 g/mol. The smallest absolute Gasteiger partial charge is 0.269 e. The van der Waals surface area contributed by atoms with Gasteiger partial charge in [-0.3, -0.25) is 14.7 Å². The highest BCUT2D eigenvalue weighted by atomic mass is 32.1. The van der Waals surface area contributed by atoms with Gasteiger partial charge >= 0.3 is 0 Å². The number of anilines is 1. The SMILES string of the molecule is CN(C)c1ccnc2sc3c(c12)CN=CN(C1CCCC2(CC1)OCCO2)C3=O. The maximum atomic E-state index is 13.6. The van der Waals surface area contributed by atoms with Crippen LogP contribution in [0.5, 0.6) is 0 Å². The highest BCUT2D eigenvalue weighted by molar-refractivity contribution is 7.20. The topological polar surface area (TPSA) is 67.3 Å². The van der Waals surface area contributed by atoms with Gasteiger partial charge in [0.15, 0.2) is 5.79 Å². The summed E-state index contributed by atoms with van der Waals surface area (Å²) >= 11 is 1.49. The summed E-state index contributed by atoms with van der Waals surface area (Å²) in [5.74, 6) is -0.392.